The van der Waals surface area contributed by atoms with Gasteiger partial charge in [-0.2, -0.15) is 0 Å². The van der Waals surface area contributed by atoms with Gasteiger partial charge in [0, 0.05) is 26.7 Å². The van der Waals surface area contributed by atoms with Gasteiger partial charge < -0.3 is 15.1 Å². The predicted octanol–water partition coefficient (Wildman–Crippen LogP) is 3.89. The third-order valence-corrected chi connectivity index (χ3v) is 5.92. The maximum Gasteiger partial charge on any atom is 0.193 e. The Morgan fingerprint density at radius 2 is 2.04 bits per heavy atom. The molecule has 4 nitrogen and oxygen atoms in total. The first kappa shape index (κ1) is 21.4. The molecule has 2 aliphatic rings. The quantitative estimate of drug-likeness (QED) is 0.408. The van der Waals surface area contributed by atoms with E-state index in [1.807, 2.05) is 27.2 Å². The minimum Gasteiger partial charge on any atom is -0.354 e. The van der Waals surface area contributed by atoms with E-state index >= 15 is 0 Å². The number of likely N-dealkylation sites (tertiary alicyclic amines) is 1. The van der Waals surface area contributed by atoms with Gasteiger partial charge in [-0.3, -0.25) is 4.99 Å². The maximum absolute atomic E-state index is 13.6. The normalized spacial score (nSPS) is 20.5. The summed E-state index contributed by atoms with van der Waals surface area (Å²) in [6.07, 6.45) is 6.77. The fourth-order valence-corrected chi connectivity index (χ4v) is 4.48. The Morgan fingerprint density at radius 1 is 1.31 bits per heavy atom. The van der Waals surface area contributed by atoms with Crippen LogP contribution in [0.2, 0.25) is 0 Å². The number of rotatable bonds is 4. The Kier molecular flexibility index (Phi) is 7.70. The first-order valence-electron chi connectivity index (χ1n) is 9.40. The summed E-state index contributed by atoms with van der Waals surface area (Å²) in [4.78, 5) is 9.03. The Balaban J connectivity index is 0.00000243. The van der Waals surface area contributed by atoms with Gasteiger partial charge >= 0.3 is 0 Å². The molecule has 1 unspecified atom stereocenters. The number of hydrogen-bond donors (Lipinski definition) is 1. The second kappa shape index (κ2) is 9.35. The van der Waals surface area contributed by atoms with Crippen molar-refractivity contribution in [1.82, 2.24) is 15.1 Å². The van der Waals surface area contributed by atoms with Crippen LogP contribution in [0.4, 0.5) is 4.39 Å². The highest BCUT2D eigenvalue weighted by atomic mass is 127. The van der Waals surface area contributed by atoms with Crippen LogP contribution in [0.3, 0.4) is 0 Å². The van der Waals surface area contributed by atoms with E-state index in [0.29, 0.717) is 12.0 Å². The first-order valence-corrected chi connectivity index (χ1v) is 9.40. The predicted molar refractivity (Wildman–Crippen MR) is 117 cm³/mol. The molecule has 1 atom stereocenters. The molecule has 146 valence electrons. The summed E-state index contributed by atoms with van der Waals surface area (Å²) in [6.45, 7) is 2.93. The summed E-state index contributed by atoms with van der Waals surface area (Å²) in [5.74, 6) is 0.795. The summed E-state index contributed by atoms with van der Waals surface area (Å²) >= 11 is 0. The Labute approximate surface area is 174 Å². The highest BCUT2D eigenvalue weighted by molar-refractivity contribution is 14.0. The van der Waals surface area contributed by atoms with Crippen LogP contribution in [0, 0.1) is 11.2 Å². The number of nitrogens with one attached hydrogen (secondary N) is 1. The third kappa shape index (κ3) is 4.88. The van der Waals surface area contributed by atoms with Crippen molar-refractivity contribution in [2.75, 3.05) is 40.8 Å². The molecular weight excluding hydrogens is 442 g/mol. The fraction of sp³-hybridized carbons (Fsp3) is 0.650. The van der Waals surface area contributed by atoms with Gasteiger partial charge in [-0.1, -0.05) is 25.0 Å². The van der Waals surface area contributed by atoms with Crippen molar-refractivity contribution >= 4 is 29.9 Å². The number of likely N-dealkylation sites (N-methyl/N-ethyl adjacent to an activating group) is 1. The molecule has 1 aliphatic heterocycles. The lowest BCUT2D eigenvalue weighted by Crippen LogP contribution is -2.44. The molecule has 1 spiro atoms. The molecule has 1 saturated heterocycles. The highest BCUT2D eigenvalue weighted by Crippen LogP contribution is 2.45. The van der Waals surface area contributed by atoms with E-state index in [-0.39, 0.29) is 35.8 Å². The number of hydrogen-bond acceptors (Lipinski definition) is 2. The van der Waals surface area contributed by atoms with Crippen LogP contribution in [0.15, 0.2) is 29.3 Å². The van der Waals surface area contributed by atoms with Gasteiger partial charge in [-0.25, -0.2) is 4.39 Å². The molecule has 1 heterocycles. The molecular formula is C20H32FIN4. The fourth-order valence-electron chi connectivity index (χ4n) is 4.48. The van der Waals surface area contributed by atoms with Gasteiger partial charge in [0.1, 0.15) is 5.82 Å². The van der Waals surface area contributed by atoms with Crippen molar-refractivity contribution in [3.05, 3.63) is 35.6 Å². The van der Waals surface area contributed by atoms with Crippen molar-refractivity contribution in [2.24, 2.45) is 10.4 Å². The minimum absolute atomic E-state index is 0. The zero-order valence-corrected chi connectivity index (χ0v) is 18.5. The molecule has 1 aromatic carbocycles. The molecule has 1 aromatic rings. The number of guanidine groups is 1. The Bertz CT molecular complexity index is 614. The van der Waals surface area contributed by atoms with E-state index in [1.54, 1.807) is 12.1 Å². The molecule has 0 bridgehead atoms. The zero-order chi connectivity index (χ0) is 17.9. The summed E-state index contributed by atoms with van der Waals surface area (Å²) in [7, 11) is 5.92. The van der Waals surface area contributed by atoms with Gasteiger partial charge in [0.05, 0.1) is 6.04 Å². The van der Waals surface area contributed by atoms with Gasteiger partial charge in [0.15, 0.2) is 5.96 Å². The monoisotopic (exact) mass is 474 g/mol. The average molecular weight is 474 g/mol. The van der Waals surface area contributed by atoms with Crippen molar-refractivity contribution in [3.63, 3.8) is 0 Å². The van der Waals surface area contributed by atoms with E-state index in [4.69, 9.17) is 0 Å². The molecule has 1 saturated carbocycles. The Morgan fingerprint density at radius 3 is 2.65 bits per heavy atom. The molecule has 0 aromatic heterocycles. The van der Waals surface area contributed by atoms with E-state index < -0.39 is 0 Å². The molecule has 6 heteroatoms. The van der Waals surface area contributed by atoms with Crippen molar-refractivity contribution in [1.29, 1.82) is 0 Å². The first-order chi connectivity index (χ1) is 12.0. The molecule has 2 fully saturated rings. The van der Waals surface area contributed by atoms with Crippen LogP contribution in [0.5, 0.6) is 0 Å². The van der Waals surface area contributed by atoms with E-state index in [1.165, 1.54) is 38.2 Å². The van der Waals surface area contributed by atoms with Gasteiger partial charge in [-0.15, -0.1) is 24.0 Å². The molecule has 1 aliphatic carbocycles. The van der Waals surface area contributed by atoms with E-state index in [9.17, 15) is 4.39 Å². The smallest absolute Gasteiger partial charge is 0.193 e. The van der Waals surface area contributed by atoms with Gasteiger partial charge in [-0.05, 0) is 56.5 Å². The molecule has 3 rings (SSSR count). The topological polar surface area (TPSA) is 30.9 Å². The summed E-state index contributed by atoms with van der Waals surface area (Å²) in [6, 6.07) is 6.99. The van der Waals surface area contributed by atoms with Crippen molar-refractivity contribution < 1.29 is 4.39 Å². The molecule has 0 amide bonds. The number of aliphatic imine (C=N–C) groups is 1. The summed E-state index contributed by atoms with van der Waals surface area (Å²) in [5, 5.41) is 3.53. The molecule has 26 heavy (non-hydrogen) atoms. The molecule has 1 N–H and O–H groups in total. The SMILES string of the molecule is CN=C(NCC(c1cccc(F)c1)N(C)C)N1CCC2(CCCC2)C1.I. The van der Waals surface area contributed by atoms with Crippen molar-refractivity contribution in [3.8, 4) is 0 Å². The van der Waals surface area contributed by atoms with Gasteiger partial charge in [0.25, 0.3) is 0 Å². The second-order valence-corrected chi connectivity index (χ2v) is 7.84. The van der Waals surface area contributed by atoms with E-state index in [0.717, 1.165) is 24.6 Å². The third-order valence-electron chi connectivity index (χ3n) is 5.92. The van der Waals surface area contributed by atoms with Gasteiger partial charge in [0.2, 0.25) is 0 Å². The van der Waals surface area contributed by atoms with Crippen LogP contribution >= 0.6 is 24.0 Å². The average Bonchev–Trinajstić information content (AvgIpc) is 3.22. The number of halogens is 2. The van der Waals surface area contributed by atoms with Crippen LogP contribution in [-0.4, -0.2) is 56.5 Å². The standard InChI is InChI=1S/C20H31FN4.HI/c1-22-19(25-12-11-20(15-25)9-4-5-10-20)23-14-18(24(2)3)16-7-6-8-17(21)13-16;/h6-8,13,18H,4-5,9-12,14-15H2,1-3H3,(H,22,23);1H. The van der Waals surface area contributed by atoms with Crippen molar-refractivity contribution in [2.45, 2.75) is 38.1 Å². The highest BCUT2D eigenvalue weighted by Gasteiger charge is 2.41. The number of benzene rings is 1. The lowest BCUT2D eigenvalue weighted by molar-refractivity contribution is 0.289. The largest absolute Gasteiger partial charge is 0.354 e. The minimum atomic E-state index is -0.184. The van der Waals surface area contributed by atoms with Crippen LogP contribution in [0.1, 0.15) is 43.7 Å². The summed E-state index contributed by atoms with van der Waals surface area (Å²) in [5.41, 5.74) is 1.52. The lowest BCUT2D eigenvalue weighted by atomic mass is 9.86. The zero-order valence-electron chi connectivity index (χ0n) is 16.2. The second-order valence-electron chi connectivity index (χ2n) is 7.84. The van der Waals surface area contributed by atoms with Crippen LogP contribution in [0.25, 0.3) is 0 Å². The Hall–Kier alpha value is -0.890. The molecule has 0 radical (unpaired) electrons. The maximum atomic E-state index is 13.6. The summed E-state index contributed by atoms with van der Waals surface area (Å²) < 4.78 is 13.6. The number of nitrogens with zero attached hydrogens (tertiary/aromatic N) is 3. The van der Waals surface area contributed by atoms with Crippen LogP contribution < -0.4 is 5.32 Å². The lowest BCUT2D eigenvalue weighted by Gasteiger charge is -2.29. The van der Waals surface area contributed by atoms with E-state index in [2.05, 4.69) is 20.1 Å². The van der Waals surface area contributed by atoms with Crippen LogP contribution in [-0.2, 0) is 0 Å².